The number of ketones is 1. The van der Waals surface area contributed by atoms with Crippen LogP contribution in [0.3, 0.4) is 0 Å². The SMILES string of the molecule is COc1cnc(-c2ncco2)c2c1C(C(=O)C(=O)N1CCN(C(=O)c3ccccc3)CC1)CN2. The van der Waals surface area contributed by atoms with Crippen LogP contribution in [0.1, 0.15) is 21.8 Å². The number of amides is 2. The molecule has 1 aromatic carbocycles. The quantitative estimate of drug-likeness (QED) is 0.572. The van der Waals surface area contributed by atoms with Crippen LogP contribution in [-0.2, 0) is 9.59 Å². The number of ether oxygens (including phenoxy) is 1. The number of carbonyl (C=O) groups excluding carboxylic acids is 3. The van der Waals surface area contributed by atoms with Crippen molar-refractivity contribution in [3.8, 4) is 17.3 Å². The van der Waals surface area contributed by atoms with E-state index in [1.165, 1.54) is 30.7 Å². The number of hydrogen-bond donors (Lipinski definition) is 1. The molecule has 0 aliphatic carbocycles. The van der Waals surface area contributed by atoms with Crippen LogP contribution < -0.4 is 10.1 Å². The second-order valence-corrected chi connectivity index (χ2v) is 8.05. The van der Waals surface area contributed by atoms with E-state index in [1.807, 2.05) is 18.2 Å². The molecule has 2 aliphatic rings. The maximum Gasteiger partial charge on any atom is 0.290 e. The minimum absolute atomic E-state index is 0.0794. The van der Waals surface area contributed by atoms with E-state index in [2.05, 4.69) is 15.3 Å². The Morgan fingerprint density at radius 1 is 1.06 bits per heavy atom. The number of hydrogen-bond acceptors (Lipinski definition) is 8. The molecule has 3 aromatic rings. The fraction of sp³-hybridized carbons (Fsp3) is 0.292. The molecule has 2 amide bonds. The largest absolute Gasteiger partial charge is 0.495 e. The van der Waals surface area contributed by atoms with Crippen molar-refractivity contribution in [1.29, 1.82) is 0 Å². The van der Waals surface area contributed by atoms with Crippen molar-refractivity contribution in [2.24, 2.45) is 0 Å². The molecule has 0 spiro atoms. The van der Waals surface area contributed by atoms with Crippen molar-refractivity contribution < 1.29 is 23.5 Å². The van der Waals surface area contributed by atoms with Crippen molar-refractivity contribution in [2.45, 2.75) is 5.92 Å². The van der Waals surface area contributed by atoms with Gasteiger partial charge in [-0.05, 0) is 12.1 Å². The van der Waals surface area contributed by atoms with Gasteiger partial charge in [0.2, 0.25) is 11.7 Å². The maximum absolute atomic E-state index is 13.3. The fourth-order valence-electron chi connectivity index (χ4n) is 4.41. The lowest BCUT2D eigenvalue weighted by molar-refractivity contribution is -0.146. The number of nitrogens with one attached hydrogen (secondary N) is 1. The Balaban J connectivity index is 1.31. The molecule has 5 rings (SSSR count). The van der Waals surface area contributed by atoms with Crippen LogP contribution in [0.25, 0.3) is 11.6 Å². The standard InChI is InChI=1S/C24H23N5O5/c1-33-17-14-27-20(22-25-7-12-34-22)19-18(17)16(13-26-19)21(30)24(32)29-10-8-28(9-11-29)23(31)15-5-3-2-4-6-15/h2-7,12,14,16,26H,8-11,13H2,1H3. The molecule has 2 aromatic heterocycles. The first-order chi connectivity index (χ1) is 16.6. The van der Waals surface area contributed by atoms with Gasteiger partial charge in [0.15, 0.2) is 0 Å². The van der Waals surface area contributed by atoms with Gasteiger partial charge in [0.1, 0.15) is 17.7 Å². The highest BCUT2D eigenvalue weighted by molar-refractivity contribution is 6.38. The second-order valence-electron chi connectivity index (χ2n) is 8.05. The third-order valence-corrected chi connectivity index (χ3v) is 6.17. The van der Waals surface area contributed by atoms with E-state index < -0.39 is 17.6 Å². The summed E-state index contributed by atoms with van der Waals surface area (Å²) in [5.74, 6) is -1.17. The van der Waals surface area contributed by atoms with Crippen LogP contribution in [0.2, 0.25) is 0 Å². The molecule has 1 fully saturated rings. The van der Waals surface area contributed by atoms with Gasteiger partial charge < -0.3 is 24.3 Å². The fourth-order valence-corrected chi connectivity index (χ4v) is 4.41. The lowest BCUT2D eigenvalue weighted by Gasteiger charge is -2.34. The molecule has 0 bridgehead atoms. The Hall–Kier alpha value is -4.21. The molecular formula is C24H23N5O5. The van der Waals surface area contributed by atoms with Gasteiger partial charge in [0, 0.05) is 43.9 Å². The maximum atomic E-state index is 13.3. The highest BCUT2D eigenvalue weighted by Gasteiger charge is 2.40. The summed E-state index contributed by atoms with van der Waals surface area (Å²) >= 11 is 0. The summed E-state index contributed by atoms with van der Waals surface area (Å²) in [6.45, 7) is 1.57. The van der Waals surface area contributed by atoms with E-state index in [1.54, 1.807) is 17.0 Å². The van der Waals surface area contributed by atoms with E-state index in [9.17, 15) is 14.4 Å². The number of pyridine rings is 1. The van der Waals surface area contributed by atoms with Crippen LogP contribution in [0, 0.1) is 0 Å². The summed E-state index contributed by atoms with van der Waals surface area (Å²) in [6, 6.07) is 9.02. The highest BCUT2D eigenvalue weighted by Crippen LogP contribution is 2.43. The lowest BCUT2D eigenvalue weighted by atomic mass is 9.95. The van der Waals surface area contributed by atoms with Crippen LogP contribution >= 0.6 is 0 Å². The highest BCUT2D eigenvalue weighted by atomic mass is 16.5. The molecule has 4 heterocycles. The van der Waals surface area contributed by atoms with Crippen molar-refractivity contribution in [1.82, 2.24) is 19.8 Å². The third-order valence-electron chi connectivity index (χ3n) is 6.17. The Labute approximate surface area is 195 Å². The first-order valence-electron chi connectivity index (χ1n) is 11.0. The number of fused-ring (bicyclic) bond motifs is 1. The van der Waals surface area contributed by atoms with Crippen molar-refractivity contribution >= 4 is 23.3 Å². The van der Waals surface area contributed by atoms with Crippen molar-refractivity contribution in [3.63, 3.8) is 0 Å². The molecule has 0 saturated carbocycles. The van der Waals surface area contributed by atoms with E-state index in [0.717, 1.165) is 0 Å². The van der Waals surface area contributed by atoms with Gasteiger partial charge in [0.05, 0.1) is 31.1 Å². The Kier molecular flexibility index (Phi) is 5.70. The number of carbonyl (C=O) groups is 3. The zero-order valence-corrected chi connectivity index (χ0v) is 18.6. The molecule has 1 saturated heterocycles. The molecule has 174 valence electrons. The topological polar surface area (TPSA) is 118 Å². The van der Waals surface area contributed by atoms with Gasteiger partial charge in [-0.3, -0.25) is 14.4 Å². The predicted molar refractivity (Wildman–Crippen MR) is 121 cm³/mol. The predicted octanol–water partition coefficient (Wildman–Crippen LogP) is 1.81. The molecule has 10 nitrogen and oxygen atoms in total. The third kappa shape index (κ3) is 3.76. The van der Waals surface area contributed by atoms with Gasteiger partial charge in [-0.2, -0.15) is 0 Å². The number of aromatic nitrogens is 2. The Bertz CT molecular complexity index is 1220. The van der Waals surface area contributed by atoms with E-state index in [0.29, 0.717) is 60.3 Å². The first-order valence-corrected chi connectivity index (χ1v) is 11.0. The van der Waals surface area contributed by atoms with Gasteiger partial charge in [0.25, 0.3) is 11.8 Å². The summed E-state index contributed by atoms with van der Waals surface area (Å²) < 4.78 is 10.8. The average Bonchev–Trinajstić information content (AvgIpc) is 3.58. The summed E-state index contributed by atoms with van der Waals surface area (Å²) in [5, 5.41) is 3.17. The van der Waals surface area contributed by atoms with Crippen molar-refractivity contribution in [2.75, 3.05) is 45.2 Å². The minimum Gasteiger partial charge on any atom is -0.495 e. The molecule has 0 radical (unpaired) electrons. The zero-order chi connectivity index (χ0) is 23.7. The first kappa shape index (κ1) is 21.6. The number of Topliss-reactive ketones (excluding diaryl/α,β-unsaturated/α-hetero) is 1. The van der Waals surface area contributed by atoms with E-state index in [-0.39, 0.29) is 12.5 Å². The van der Waals surface area contributed by atoms with Gasteiger partial charge >= 0.3 is 0 Å². The summed E-state index contributed by atoms with van der Waals surface area (Å²) in [7, 11) is 1.49. The summed E-state index contributed by atoms with van der Waals surface area (Å²) in [5.41, 5.74) is 2.21. The normalized spacial score (nSPS) is 17.1. The Morgan fingerprint density at radius 3 is 2.47 bits per heavy atom. The van der Waals surface area contributed by atoms with Gasteiger partial charge in [-0.15, -0.1) is 0 Å². The number of piperazine rings is 1. The smallest absolute Gasteiger partial charge is 0.290 e. The number of oxazole rings is 1. The minimum atomic E-state index is -0.724. The van der Waals surface area contributed by atoms with Gasteiger partial charge in [-0.25, -0.2) is 9.97 Å². The molecule has 1 atom stereocenters. The molecule has 34 heavy (non-hydrogen) atoms. The molecule has 1 unspecified atom stereocenters. The second kappa shape index (κ2) is 8.97. The summed E-state index contributed by atoms with van der Waals surface area (Å²) in [6.07, 6.45) is 4.46. The van der Waals surface area contributed by atoms with Crippen molar-refractivity contribution in [3.05, 3.63) is 60.1 Å². The summed E-state index contributed by atoms with van der Waals surface area (Å²) in [4.78, 5) is 50.8. The van der Waals surface area contributed by atoms with Crippen LogP contribution in [0.4, 0.5) is 5.69 Å². The molecule has 1 N–H and O–H groups in total. The van der Waals surface area contributed by atoms with Crippen LogP contribution in [-0.4, -0.2) is 77.2 Å². The zero-order valence-electron chi connectivity index (χ0n) is 18.6. The lowest BCUT2D eigenvalue weighted by Crippen LogP contribution is -2.52. The molecule has 2 aliphatic heterocycles. The average molecular weight is 461 g/mol. The van der Waals surface area contributed by atoms with E-state index >= 15 is 0 Å². The number of anilines is 1. The number of benzene rings is 1. The monoisotopic (exact) mass is 461 g/mol. The van der Waals surface area contributed by atoms with Crippen LogP contribution in [0.15, 0.2) is 53.4 Å². The number of nitrogens with zero attached hydrogens (tertiary/aromatic N) is 4. The van der Waals surface area contributed by atoms with Crippen LogP contribution in [0.5, 0.6) is 5.75 Å². The number of rotatable bonds is 5. The molecule has 10 heteroatoms. The number of methoxy groups -OCH3 is 1. The molecular weight excluding hydrogens is 438 g/mol. The Morgan fingerprint density at radius 2 is 1.79 bits per heavy atom. The van der Waals surface area contributed by atoms with E-state index in [4.69, 9.17) is 9.15 Å². The van der Waals surface area contributed by atoms with Gasteiger partial charge in [-0.1, -0.05) is 18.2 Å².